The second-order valence-corrected chi connectivity index (χ2v) is 6.37. The molecule has 128 valence electrons. The predicted molar refractivity (Wildman–Crippen MR) is 80.5 cm³/mol. The number of carbonyl (C=O) groups is 4. The Morgan fingerprint density at radius 3 is 1.43 bits per heavy atom. The normalized spacial score (nSPS) is 22.6. The molecular weight excluding hydrogens is 300 g/mol. The molecule has 2 unspecified atom stereocenters. The summed E-state index contributed by atoms with van der Waals surface area (Å²) >= 11 is 0. The van der Waals surface area contributed by atoms with Gasteiger partial charge >= 0.3 is 11.9 Å². The average Bonchev–Trinajstić information content (AvgIpc) is 2.52. The minimum absolute atomic E-state index is 0.0164. The van der Waals surface area contributed by atoms with E-state index in [9.17, 15) is 19.2 Å². The third-order valence-corrected chi connectivity index (χ3v) is 4.45. The van der Waals surface area contributed by atoms with E-state index in [2.05, 4.69) is 9.47 Å². The van der Waals surface area contributed by atoms with Crippen LogP contribution in [0, 0.1) is 11.8 Å². The van der Waals surface area contributed by atoms with Crippen molar-refractivity contribution < 1.29 is 28.7 Å². The Kier molecular flexibility index (Phi) is 6.74. The van der Waals surface area contributed by atoms with E-state index in [0.29, 0.717) is 71.0 Å². The SMILES string of the molecule is O=C(CCCC(=O)CCCC1COC1=O)CCCC1COC1=O. The van der Waals surface area contributed by atoms with Crippen LogP contribution in [0.5, 0.6) is 0 Å². The summed E-state index contributed by atoms with van der Waals surface area (Å²) in [5, 5.41) is 0. The van der Waals surface area contributed by atoms with Crippen LogP contribution in [0.15, 0.2) is 0 Å². The number of esters is 2. The van der Waals surface area contributed by atoms with Gasteiger partial charge in [-0.3, -0.25) is 19.2 Å². The maximum Gasteiger partial charge on any atom is 0.312 e. The van der Waals surface area contributed by atoms with Crippen LogP contribution < -0.4 is 0 Å². The fourth-order valence-electron chi connectivity index (χ4n) is 2.76. The van der Waals surface area contributed by atoms with Crippen molar-refractivity contribution in [3.63, 3.8) is 0 Å². The Balaban J connectivity index is 1.42. The molecule has 6 nitrogen and oxygen atoms in total. The van der Waals surface area contributed by atoms with Crippen LogP contribution in [-0.4, -0.2) is 36.7 Å². The molecule has 0 aromatic rings. The topological polar surface area (TPSA) is 86.7 Å². The first kappa shape index (κ1) is 17.6. The molecule has 6 heteroatoms. The molecule has 0 radical (unpaired) electrons. The molecule has 2 aliphatic heterocycles. The van der Waals surface area contributed by atoms with Crippen LogP contribution in [0.2, 0.25) is 0 Å². The highest BCUT2D eigenvalue weighted by Gasteiger charge is 2.30. The molecule has 0 aromatic carbocycles. The minimum atomic E-state index is -0.154. The highest BCUT2D eigenvalue weighted by Crippen LogP contribution is 2.21. The molecule has 2 aliphatic rings. The Labute approximate surface area is 135 Å². The van der Waals surface area contributed by atoms with Crippen LogP contribution in [0.3, 0.4) is 0 Å². The number of carbonyl (C=O) groups excluding carboxylic acids is 4. The monoisotopic (exact) mass is 324 g/mol. The Hall–Kier alpha value is -1.72. The molecule has 2 heterocycles. The summed E-state index contributed by atoms with van der Waals surface area (Å²) in [6.45, 7) is 0.972. The van der Waals surface area contributed by atoms with Crippen molar-refractivity contribution in [1.82, 2.24) is 0 Å². The molecule has 0 aliphatic carbocycles. The molecule has 0 aromatic heterocycles. The molecule has 2 rings (SSSR count). The lowest BCUT2D eigenvalue weighted by Crippen LogP contribution is -2.34. The number of ether oxygens (including phenoxy) is 2. The van der Waals surface area contributed by atoms with E-state index >= 15 is 0 Å². The zero-order valence-electron chi connectivity index (χ0n) is 13.4. The van der Waals surface area contributed by atoms with E-state index in [1.807, 2.05) is 0 Å². The van der Waals surface area contributed by atoms with Crippen LogP contribution in [0.1, 0.15) is 57.8 Å². The van der Waals surface area contributed by atoms with Crippen molar-refractivity contribution in [3.8, 4) is 0 Å². The van der Waals surface area contributed by atoms with Gasteiger partial charge in [-0.05, 0) is 32.1 Å². The fourth-order valence-corrected chi connectivity index (χ4v) is 2.76. The molecule has 0 amide bonds. The number of ketones is 2. The molecule has 0 N–H and O–H groups in total. The van der Waals surface area contributed by atoms with Crippen molar-refractivity contribution >= 4 is 23.5 Å². The van der Waals surface area contributed by atoms with Crippen molar-refractivity contribution in [2.24, 2.45) is 11.8 Å². The maximum absolute atomic E-state index is 11.7. The van der Waals surface area contributed by atoms with Crippen molar-refractivity contribution in [1.29, 1.82) is 0 Å². The van der Waals surface area contributed by atoms with E-state index in [-0.39, 0.29) is 35.3 Å². The van der Waals surface area contributed by atoms with Gasteiger partial charge in [0.15, 0.2) is 0 Å². The zero-order chi connectivity index (χ0) is 16.7. The molecule has 0 saturated carbocycles. The maximum atomic E-state index is 11.7. The number of rotatable bonds is 12. The van der Waals surface area contributed by atoms with Crippen molar-refractivity contribution in [3.05, 3.63) is 0 Å². The number of hydrogen-bond acceptors (Lipinski definition) is 6. The lowest BCUT2D eigenvalue weighted by Gasteiger charge is -2.24. The molecule has 0 bridgehead atoms. The van der Waals surface area contributed by atoms with E-state index in [0.717, 1.165) is 0 Å². The van der Waals surface area contributed by atoms with Crippen LogP contribution >= 0.6 is 0 Å². The Morgan fingerprint density at radius 1 is 0.739 bits per heavy atom. The highest BCUT2D eigenvalue weighted by atomic mass is 16.6. The van der Waals surface area contributed by atoms with Gasteiger partial charge in [-0.1, -0.05) is 0 Å². The van der Waals surface area contributed by atoms with Gasteiger partial charge in [0, 0.05) is 25.7 Å². The Bertz CT molecular complexity index is 428. The summed E-state index contributed by atoms with van der Waals surface area (Å²) in [4.78, 5) is 45.3. The summed E-state index contributed by atoms with van der Waals surface area (Å²) < 4.78 is 9.34. The lowest BCUT2D eigenvalue weighted by molar-refractivity contribution is -0.169. The first-order valence-corrected chi connectivity index (χ1v) is 8.43. The first-order valence-electron chi connectivity index (χ1n) is 8.43. The Morgan fingerprint density at radius 2 is 1.13 bits per heavy atom. The van der Waals surface area contributed by atoms with Gasteiger partial charge in [0.1, 0.15) is 24.8 Å². The van der Waals surface area contributed by atoms with Gasteiger partial charge in [-0.15, -0.1) is 0 Å². The molecular formula is C17H24O6. The highest BCUT2D eigenvalue weighted by molar-refractivity contribution is 5.81. The van der Waals surface area contributed by atoms with Crippen LogP contribution in [0.4, 0.5) is 0 Å². The minimum Gasteiger partial charge on any atom is -0.464 e. The summed E-state index contributed by atoms with van der Waals surface area (Å²) in [7, 11) is 0. The second kappa shape index (κ2) is 8.79. The van der Waals surface area contributed by atoms with Crippen molar-refractivity contribution in [2.75, 3.05) is 13.2 Å². The van der Waals surface area contributed by atoms with Crippen LogP contribution in [0.25, 0.3) is 0 Å². The molecule has 23 heavy (non-hydrogen) atoms. The number of hydrogen-bond donors (Lipinski definition) is 0. The average molecular weight is 324 g/mol. The summed E-state index contributed by atoms with van der Waals surface area (Å²) in [6, 6.07) is 0. The zero-order valence-corrected chi connectivity index (χ0v) is 13.4. The molecule has 2 atom stereocenters. The third kappa shape index (κ3) is 5.77. The number of Topliss-reactive ketones (excluding diaryl/α,β-unsaturated/α-hetero) is 2. The molecule has 2 saturated heterocycles. The summed E-state index contributed by atoms with van der Waals surface area (Å²) in [5.41, 5.74) is 0. The standard InChI is InChI=1S/C17H24O6/c18-14(6-1-4-12-10-22-16(12)20)8-3-9-15(19)7-2-5-13-11-23-17(13)21/h12-13H,1-11H2. The van der Waals surface area contributed by atoms with E-state index in [1.165, 1.54) is 0 Å². The van der Waals surface area contributed by atoms with Gasteiger partial charge in [-0.25, -0.2) is 0 Å². The quantitative estimate of drug-likeness (QED) is 0.510. The summed E-state index contributed by atoms with van der Waals surface area (Å²) in [6.07, 6.45) is 5.25. The van der Waals surface area contributed by atoms with E-state index < -0.39 is 0 Å². The first-order chi connectivity index (χ1) is 11.1. The number of cyclic esters (lactones) is 2. The second-order valence-electron chi connectivity index (χ2n) is 6.37. The third-order valence-electron chi connectivity index (χ3n) is 4.45. The predicted octanol–water partition coefficient (Wildman–Crippen LogP) is 1.98. The lowest BCUT2D eigenvalue weighted by atomic mass is 9.96. The van der Waals surface area contributed by atoms with Gasteiger partial charge in [0.2, 0.25) is 0 Å². The molecule has 2 fully saturated rings. The van der Waals surface area contributed by atoms with Crippen LogP contribution in [-0.2, 0) is 28.7 Å². The van der Waals surface area contributed by atoms with Crippen molar-refractivity contribution in [2.45, 2.75) is 57.8 Å². The van der Waals surface area contributed by atoms with Gasteiger partial charge in [0.25, 0.3) is 0 Å². The van der Waals surface area contributed by atoms with Gasteiger partial charge in [0.05, 0.1) is 11.8 Å². The van der Waals surface area contributed by atoms with E-state index in [4.69, 9.17) is 0 Å². The van der Waals surface area contributed by atoms with E-state index in [1.54, 1.807) is 0 Å². The fraction of sp³-hybridized carbons (Fsp3) is 0.765. The largest absolute Gasteiger partial charge is 0.464 e. The van der Waals surface area contributed by atoms with Gasteiger partial charge < -0.3 is 9.47 Å². The smallest absolute Gasteiger partial charge is 0.312 e. The van der Waals surface area contributed by atoms with Gasteiger partial charge in [-0.2, -0.15) is 0 Å². The summed E-state index contributed by atoms with van der Waals surface area (Å²) in [5.74, 6) is -0.0310. The molecule has 0 spiro atoms.